The number of rotatable bonds is 3. The first-order valence-electron chi connectivity index (χ1n) is 10.8. The summed E-state index contributed by atoms with van der Waals surface area (Å²) in [4.78, 5) is 17.3. The molecule has 0 radical (unpaired) electrons. The quantitative estimate of drug-likeness (QED) is 0.653. The fraction of sp³-hybridized carbons (Fsp3) is 0.269. The van der Waals surface area contributed by atoms with Gasteiger partial charge < -0.3 is 14.9 Å². The SMILES string of the molecule is CN1c2ccc(-c3ccc(F)cc3)cc2[C@@H]2[C@@H](CCN2C(=O)c2ccc(F)cc2)[C@H]1CO. The molecule has 2 aliphatic rings. The van der Waals surface area contributed by atoms with Gasteiger partial charge in [-0.1, -0.05) is 18.2 Å². The van der Waals surface area contributed by atoms with Crippen LogP contribution in [0.4, 0.5) is 14.5 Å². The fourth-order valence-corrected chi connectivity index (χ4v) is 5.26. The van der Waals surface area contributed by atoms with Crippen LogP contribution < -0.4 is 4.90 Å². The summed E-state index contributed by atoms with van der Waals surface area (Å²) in [6.07, 6.45) is 0.771. The third-order valence-corrected chi connectivity index (χ3v) is 6.88. The van der Waals surface area contributed by atoms with Crippen molar-refractivity contribution < 1.29 is 18.7 Å². The maximum atomic E-state index is 13.4. The molecular weight excluding hydrogens is 410 g/mol. The van der Waals surface area contributed by atoms with Gasteiger partial charge in [-0.2, -0.15) is 0 Å². The van der Waals surface area contributed by atoms with Crippen molar-refractivity contribution in [2.75, 3.05) is 25.1 Å². The first-order valence-corrected chi connectivity index (χ1v) is 10.8. The summed E-state index contributed by atoms with van der Waals surface area (Å²) in [6, 6.07) is 17.7. The number of carbonyl (C=O) groups is 1. The average molecular weight is 434 g/mol. The molecule has 2 heterocycles. The average Bonchev–Trinajstić information content (AvgIpc) is 3.25. The van der Waals surface area contributed by atoms with Crippen LogP contribution in [0.2, 0.25) is 0 Å². The number of amides is 1. The Bertz CT molecular complexity index is 1150. The number of aliphatic hydroxyl groups is 1. The summed E-state index contributed by atoms with van der Waals surface area (Å²) < 4.78 is 26.8. The van der Waals surface area contributed by atoms with Gasteiger partial charge in [0.2, 0.25) is 0 Å². The Labute approximate surface area is 185 Å². The Morgan fingerprint density at radius 3 is 2.25 bits per heavy atom. The van der Waals surface area contributed by atoms with Crippen LogP contribution in [0.3, 0.4) is 0 Å². The highest BCUT2D eigenvalue weighted by Crippen LogP contribution is 2.49. The van der Waals surface area contributed by atoms with Crippen molar-refractivity contribution in [2.24, 2.45) is 5.92 Å². The monoisotopic (exact) mass is 434 g/mol. The van der Waals surface area contributed by atoms with Crippen LogP contribution in [0, 0.1) is 17.6 Å². The number of halogens is 2. The van der Waals surface area contributed by atoms with Gasteiger partial charge in [-0.15, -0.1) is 0 Å². The molecule has 3 atom stereocenters. The molecule has 164 valence electrons. The molecule has 6 heteroatoms. The van der Waals surface area contributed by atoms with Crippen molar-refractivity contribution in [3.05, 3.63) is 89.5 Å². The van der Waals surface area contributed by atoms with Crippen LogP contribution in [0.25, 0.3) is 11.1 Å². The van der Waals surface area contributed by atoms with Crippen molar-refractivity contribution >= 4 is 11.6 Å². The van der Waals surface area contributed by atoms with Crippen molar-refractivity contribution in [3.63, 3.8) is 0 Å². The molecule has 0 bridgehead atoms. The lowest BCUT2D eigenvalue weighted by atomic mass is 9.81. The zero-order valence-corrected chi connectivity index (χ0v) is 17.7. The predicted molar refractivity (Wildman–Crippen MR) is 119 cm³/mol. The standard InChI is InChI=1S/C26H24F2N2O2/c1-29-23-11-6-18(16-2-7-19(27)8-3-16)14-22(23)25-21(24(29)15-31)12-13-30(25)26(32)17-4-9-20(28)10-5-17/h2-11,14,21,24-25,31H,12-13,15H2,1H3/t21-,24+,25-/m0/s1. The van der Waals surface area contributed by atoms with E-state index in [9.17, 15) is 18.7 Å². The lowest BCUT2D eigenvalue weighted by Crippen LogP contribution is -2.48. The smallest absolute Gasteiger partial charge is 0.254 e. The summed E-state index contributed by atoms with van der Waals surface area (Å²) in [6.45, 7) is 0.561. The molecule has 3 aromatic carbocycles. The second-order valence-corrected chi connectivity index (χ2v) is 8.54. The number of carbonyl (C=O) groups excluding carboxylic acids is 1. The molecule has 0 unspecified atom stereocenters. The first-order chi connectivity index (χ1) is 15.5. The maximum absolute atomic E-state index is 13.4. The minimum atomic E-state index is -0.380. The number of hydrogen-bond acceptors (Lipinski definition) is 3. The lowest BCUT2D eigenvalue weighted by molar-refractivity contribution is 0.0694. The molecule has 4 nitrogen and oxygen atoms in total. The zero-order valence-electron chi connectivity index (χ0n) is 17.7. The van der Waals surface area contributed by atoms with Crippen molar-refractivity contribution in [1.29, 1.82) is 0 Å². The van der Waals surface area contributed by atoms with Gasteiger partial charge >= 0.3 is 0 Å². The molecule has 3 aromatic rings. The minimum absolute atomic E-state index is 0.00456. The molecule has 1 saturated heterocycles. The molecule has 0 aliphatic carbocycles. The highest BCUT2D eigenvalue weighted by Gasteiger charge is 2.47. The summed E-state index contributed by atoms with van der Waals surface area (Å²) in [7, 11) is 1.97. The number of fused-ring (bicyclic) bond motifs is 3. The van der Waals surface area contributed by atoms with Crippen LogP contribution in [0.15, 0.2) is 66.7 Å². The number of benzene rings is 3. The molecule has 1 amide bonds. The molecule has 1 fully saturated rings. The van der Waals surface area contributed by atoms with Gasteiger partial charge in [0, 0.05) is 30.8 Å². The Morgan fingerprint density at radius 1 is 0.969 bits per heavy atom. The van der Waals surface area contributed by atoms with Gasteiger partial charge in [-0.25, -0.2) is 8.78 Å². The Morgan fingerprint density at radius 2 is 1.59 bits per heavy atom. The van der Waals surface area contributed by atoms with Crippen LogP contribution in [0.1, 0.15) is 28.4 Å². The van der Waals surface area contributed by atoms with Crippen molar-refractivity contribution in [1.82, 2.24) is 4.90 Å². The number of aliphatic hydroxyl groups excluding tert-OH is 1. The summed E-state index contributed by atoms with van der Waals surface area (Å²) in [5.74, 6) is -0.735. The third kappa shape index (κ3) is 3.35. The molecular formula is C26H24F2N2O2. The number of likely N-dealkylation sites (tertiary alicyclic amines) is 1. The third-order valence-electron chi connectivity index (χ3n) is 6.88. The van der Waals surface area contributed by atoms with E-state index in [2.05, 4.69) is 11.0 Å². The summed E-state index contributed by atoms with van der Waals surface area (Å²) in [5.41, 5.74) is 4.27. The van der Waals surface area contributed by atoms with Gasteiger partial charge in [-0.05, 0) is 71.6 Å². The fourth-order valence-electron chi connectivity index (χ4n) is 5.26. The molecule has 2 aliphatic heterocycles. The Kier molecular flexibility index (Phi) is 5.18. The van der Waals surface area contributed by atoms with Crippen molar-refractivity contribution in [3.8, 4) is 11.1 Å². The molecule has 0 aromatic heterocycles. The topological polar surface area (TPSA) is 43.8 Å². The molecule has 32 heavy (non-hydrogen) atoms. The number of likely N-dealkylation sites (N-methyl/N-ethyl adjacent to an activating group) is 1. The number of nitrogens with zero attached hydrogens (tertiary/aromatic N) is 2. The second kappa shape index (κ2) is 8.02. The summed E-state index contributed by atoms with van der Waals surface area (Å²) in [5, 5.41) is 10.1. The van der Waals surface area contributed by atoms with Crippen LogP contribution in [-0.2, 0) is 0 Å². The van der Waals surface area contributed by atoms with E-state index in [1.54, 1.807) is 12.1 Å². The Balaban J connectivity index is 1.59. The first kappa shape index (κ1) is 20.6. The van der Waals surface area contributed by atoms with E-state index in [1.807, 2.05) is 24.1 Å². The van der Waals surface area contributed by atoms with Crippen molar-refractivity contribution in [2.45, 2.75) is 18.5 Å². The van der Waals surface area contributed by atoms with E-state index in [1.165, 1.54) is 36.4 Å². The summed E-state index contributed by atoms with van der Waals surface area (Å²) >= 11 is 0. The van der Waals surface area contributed by atoms with Gasteiger partial charge in [0.15, 0.2) is 0 Å². The van der Waals surface area contributed by atoms with Crippen LogP contribution >= 0.6 is 0 Å². The minimum Gasteiger partial charge on any atom is -0.394 e. The molecule has 1 N–H and O–H groups in total. The van der Waals surface area contributed by atoms with Gasteiger partial charge in [0.1, 0.15) is 11.6 Å². The molecule has 0 saturated carbocycles. The Hall–Kier alpha value is -3.25. The highest BCUT2D eigenvalue weighted by atomic mass is 19.1. The van der Waals surface area contributed by atoms with Crippen LogP contribution in [0.5, 0.6) is 0 Å². The normalized spacial score (nSPS) is 21.9. The highest BCUT2D eigenvalue weighted by molar-refractivity contribution is 5.95. The van der Waals surface area contributed by atoms with E-state index in [0.717, 1.165) is 28.8 Å². The van der Waals surface area contributed by atoms with Crippen LogP contribution in [-0.4, -0.2) is 42.2 Å². The maximum Gasteiger partial charge on any atom is 0.254 e. The van der Waals surface area contributed by atoms with E-state index >= 15 is 0 Å². The van der Waals surface area contributed by atoms with E-state index in [0.29, 0.717) is 12.1 Å². The van der Waals surface area contributed by atoms with Gasteiger partial charge in [-0.3, -0.25) is 4.79 Å². The largest absolute Gasteiger partial charge is 0.394 e. The second-order valence-electron chi connectivity index (χ2n) is 8.54. The number of hydrogen-bond donors (Lipinski definition) is 1. The lowest BCUT2D eigenvalue weighted by Gasteiger charge is -2.44. The zero-order chi connectivity index (χ0) is 22.4. The van der Waals surface area contributed by atoms with E-state index < -0.39 is 0 Å². The van der Waals surface area contributed by atoms with E-state index in [4.69, 9.17) is 0 Å². The van der Waals surface area contributed by atoms with E-state index in [-0.39, 0.29) is 42.2 Å². The number of anilines is 1. The van der Waals surface area contributed by atoms with Gasteiger partial charge in [0.05, 0.1) is 18.7 Å². The molecule has 0 spiro atoms. The molecule has 5 rings (SSSR count). The van der Waals surface area contributed by atoms with Gasteiger partial charge in [0.25, 0.3) is 5.91 Å². The predicted octanol–water partition coefficient (Wildman–Crippen LogP) is 4.65.